The Balaban J connectivity index is 2.91. The Morgan fingerprint density at radius 3 is 2.00 bits per heavy atom. The third-order valence-corrected chi connectivity index (χ3v) is 2.80. The summed E-state index contributed by atoms with van der Waals surface area (Å²) in [5, 5.41) is 8.57. The van der Waals surface area contributed by atoms with Gasteiger partial charge in [-0.25, -0.2) is 0 Å². The van der Waals surface area contributed by atoms with Gasteiger partial charge in [0, 0.05) is 6.61 Å². The monoisotopic (exact) mass is 186 g/mol. The minimum absolute atomic E-state index is 0.368. The largest absolute Gasteiger partial charge is 0.396 e. The van der Waals surface area contributed by atoms with Crippen molar-refractivity contribution in [3.63, 3.8) is 0 Å². The highest BCUT2D eigenvalue weighted by atomic mass is 16.2. The van der Waals surface area contributed by atoms with E-state index in [0.29, 0.717) is 6.61 Å². The maximum atomic E-state index is 8.57. The average molecular weight is 186 g/mol. The maximum Gasteiger partial charge on any atom is 0.0431 e. The fraction of sp³-hybridized carbons (Fsp3) is 1.00. The maximum absolute atomic E-state index is 8.57. The van der Waals surface area contributed by atoms with E-state index in [4.69, 9.17) is 5.11 Å². The van der Waals surface area contributed by atoms with Crippen LogP contribution in [0.5, 0.6) is 0 Å². The van der Waals surface area contributed by atoms with Crippen molar-refractivity contribution in [2.24, 2.45) is 5.92 Å². The summed E-state index contributed by atoms with van der Waals surface area (Å²) in [6, 6.07) is 0. The lowest BCUT2D eigenvalue weighted by Crippen LogP contribution is -1.91. The Morgan fingerprint density at radius 2 is 1.46 bits per heavy atom. The van der Waals surface area contributed by atoms with E-state index < -0.39 is 0 Å². The molecule has 0 aliphatic carbocycles. The predicted octanol–water partition coefficient (Wildman–Crippen LogP) is 3.76. The van der Waals surface area contributed by atoms with Crippen LogP contribution in [0.15, 0.2) is 0 Å². The van der Waals surface area contributed by atoms with Crippen LogP contribution in [0.3, 0.4) is 0 Å². The van der Waals surface area contributed by atoms with Crippen molar-refractivity contribution in [1.82, 2.24) is 0 Å². The van der Waals surface area contributed by atoms with Crippen LogP contribution < -0.4 is 0 Å². The molecular weight excluding hydrogens is 160 g/mol. The number of unbranched alkanes of at least 4 members (excludes halogenated alkanes) is 5. The van der Waals surface area contributed by atoms with Gasteiger partial charge in [-0.15, -0.1) is 0 Å². The highest BCUT2D eigenvalue weighted by Gasteiger charge is 1.97. The van der Waals surface area contributed by atoms with Gasteiger partial charge < -0.3 is 5.11 Å². The smallest absolute Gasteiger partial charge is 0.0431 e. The van der Waals surface area contributed by atoms with Crippen molar-refractivity contribution in [2.45, 2.75) is 65.2 Å². The molecule has 0 saturated heterocycles. The Kier molecular flexibility index (Phi) is 10.0. The third-order valence-electron chi connectivity index (χ3n) is 2.80. The summed E-state index contributed by atoms with van der Waals surface area (Å²) in [6.45, 7) is 4.98. The van der Waals surface area contributed by atoms with E-state index in [9.17, 15) is 0 Å². The van der Waals surface area contributed by atoms with Gasteiger partial charge in [0.2, 0.25) is 0 Å². The molecule has 0 aliphatic rings. The minimum Gasteiger partial charge on any atom is -0.396 e. The van der Waals surface area contributed by atoms with Crippen molar-refractivity contribution in [3.8, 4) is 0 Å². The van der Waals surface area contributed by atoms with Crippen LogP contribution in [0.4, 0.5) is 0 Å². The highest BCUT2D eigenvalue weighted by molar-refractivity contribution is 4.51. The van der Waals surface area contributed by atoms with Crippen LogP contribution in [-0.4, -0.2) is 11.7 Å². The van der Waals surface area contributed by atoms with E-state index >= 15 is 0 Å². The van der Waals surface area contributed by atoms with Crippen LogP contribution in [0.2, 0.25) is 0 Å². The molecule has 13 heavy (non-hydrogen) atoms. The molecule has 1 nitrogen and oxygen atoms in total. The van der Waals surface area contributed by atoms with Gasteiger partial charge in [0.15, 0.2) is 0 Å². The van der Waals surface area contributed by atoms with E-state index in [-0.39, 0.29) is 0 Å². The lowest BCUT2D eigenvalue weighted by Gasteiger charge is -2.07. The Bertz CT molecular complexity index is 91.1. The van der Waals surface area contributed by atoms with Crippen molar-refractivity contribution in [1.29, 1.82) is 0 Å². The first kappa shape index (κ1) is 13.0. The van der Waals surface area contributed by atoms with E-state index in [1.807, 2.05) is 0 Å². The Hall–Kier alpha value is -0.0400. The summed E-state index contributed by atoms with van der Waals surface area (Å²) in [7, 11) is 0. The number of hydrogen-bond donors (Lipinski definition) is 1. The first-order valence-corrected chi connectivity index (χ1v) is 5.92. The molecule has 0 aromatic carbocycles. The molecule has 0 saturated carbocycles. The predicted molar refractivity (Wildman–Crippen MR) is 58.9 cm³/mol. The second kappa shape index (κ2) is 10.0. The van der Waals surface area contributed by atoms with Gasteiger partial charge in [-0.3, -0.25) is 0 Å². The van der Waals surface area contributed by atoms with E-state index in [1.165, 1.54) is 44.9 Å². The summed E-state index contributed by atoms with van der Waals surface area (Å²) >= 11 is 0. The second-order valence-electron chi connectivity index (χ2n) is 4.15. The zero-order chi connectivity index (χ0) is 9.94. The van der Waals surface area contributed by atoms with Crippen molar-refractivity contribution in [3.05, 3.63) is 0 Å². The topological polar surface area (TPSA) is 20.2 Å². The van der Waals surface area contributed by atoms with E-state index in [2.05, 4.69) is 13.8 Å². The van der Waals surface area contributed by atoms with Gasteiger partial charge in [0.25, 0.3) is 0 Å². The van der Waals surface area contributed by atoms with Crippen LogP contribution in [0.1, 0.15) is 65.2 Å². The molecule has 0 aromatic heterocycles. The number of rotatable bonds is 9. The summed E-state index contributed by atoms with van der Waals surface area (Å²) < 4.78 is 0. The van der Waals surface area contributed by atoms with Gasteiger partial charge in [0.05, 0.1) is 0 Å². The second-order valence-corrected chi connectivity index (χ2v) is 4.15. The molecule has 0 heterocycles. The van der Waals surface area contributed by atoms with Crippen molar-refractivity contribution >= 4 is 0 Å². The molecule has 0 aliphatic heterocycles. The van der Waals surface area contributed by atoms with Crippen LogP contribution in [0.25, 0.3) is 0 Å². The molecule has 0 fully saturated rings. The summed E-state index contributed by atoms with van der Waals surface area (Å²) in [5.41, 5.74) is 0. The van der Waals surface area contributed by atoms with Crippen LogP contribution in [0, 0.1) is 5.92 Å². The first-order valence-electron chi connectivity index (χ1n) is 5.92. The molecule has 80 valence electrons. The molecule has 0 bridgehead atoms. The lowest BCUT2D eigenvalue weighted by atomic mass is 10.00. The number of aliphatic hydroxyl groups is 1. The molecule has 0 aromatic rings. The van der Waals surface area contributed by atoms with E-state index in [1.54, 1.807) is 0 Å². The molecule has 0 amide bonds. The molecule has 0 spiro atoms. The van der Waals surface area contributed by atoms with Gasteiger partial charge >= 0.3 is 0 Å². The molecule has 0 radical (unpaired) electrons. The third kappa shape index (κ3) is 9.88. The number of hydrogen-bond acceptors (Lipinski definition) is 1. The fourth-order valence-corrected chi connectivity index (χ4v) is 1.52. The zero-order valence-corrected chi connectivity index (χ0v) is 9.39. The Labute approximate surface area is 83.5 Å². The average Bonchev–Trinajstić information content (AvgIpc) is 2.16. The van der Waals surface area contributed by atoms with Crippen LogP contribution >= 0.6 is 0 Å². The molecule has 0 unspecified atom stereocenters. The lowest BCUT2D eigenvalue weighted by molar-refractivity contribution is 0.282. The summed E-state index contributed by atoms with van der Waals surface area (Å²) in [5.74, 6) is 0.914. The van der Waals surface area contributed by atoms with E-state index in [0.717, 1.165) is 12.3 Å². The molecule has 1 heteroatoms. The van der Waals surface area contributed by atoms with Gasteiger partial charge in [0.1, 0.15) is 0 Å². The normalized spacial score (nSPS) is 13.2. The summed E-state index contributed by atoms with van der Waals surface area (Å²) in [6.07, 6.45) is 10.4. The number of aliphatic hydroxyl groups excluding tert-OH is 1. The van der Waals surface area contributed by atoms with Crippen molar-refractivity contribution < 1.29 is 5.11 Å². The zero-order valence-electron chi connectivity index (χ0n) is 9.39. The summed E-state index contributed by atoms with van der Waals surface area (Å²) in [4.78, 5) is 0. The van der Waals surface area contributed by atoms with Crippen molar-refractivity contribution in [2.75, 3.05) is 6.61 Å². The fourth-order valence-electron chi connectivity index (χ4n) is 1.52. The Morgan fingerprint density at radius 1 is 0.923 bits per heavy atom. The van der Waals surface area contributed by atoms with Crippen LogP contribution in [-0.2, 0) is 0 Å². The SMILES string of the molecule is CC[C@@H](C)CCCCCCCCO. The highest BCUT2D eigenvalue weighted by Crippen LogP contribution is 2.13. The quantitative estimate of drug-likeness (QED) is 0.544. The molecule has 0 rings (SSSR count). The molecule has 1 N–H and O–H groups in total. The molecule has 1 atom stereocenters. The van der Waals surface area contributed by atoms with Gasteiger partial charge in [-0.1, -0.05) is 58.8 Å². The minimum atomic E-state index is 0.368. The molecular formula is C12H26O. The first-order chi connectivity index (χ1) is 6.31. The standard InChI is InChI=1S/C12H26O/c1-3-12(2)10-8-6-4-5-7-9-11-13/h12-13H,3-11H2,1-2H3/t12-/m1/s1. The van der Waals surface area contributed by atoms with Gasteiger partial charge in [-0.05, 0) is 12.3 Å². The van der Waals surface area contributed by atoms with Gasteiger partial charge in [-0.2, -0.15) is 0 Å².